The second-order valence-corrected chi connectivity index (χ2v) is 3.58. The van der Waals surface area contributed by atoms with Gasteiger partial charge in [-0.2, -0.15) is 0 Å². The number of allylic oxidation sites excluding steroid dienone is 2. The zero-order chi connectivity index (χ0) is 10.7. The minimum absolute atomic E-state index is 0.205. The first-order valence-corrected chi connectivity index (χ1v) is 5.00. The van der Waals surface area contributed by atoms with E-state index in [4.69, 9.17) is 0 Å². The molecule has 1 aromatic heterocycles. The van der Waals surface area contributed by atoms with E-state index in [2.05, 4.69) is 15.3 Å². The van der Waals surface area contributed by atoms with Crippen molar-refractivity contribution in [2.24, 2.45) is 0 Å². The summed E-state index contributed by atoms with van der Waals surface area (Å²) in [7, 11) is 0. The Balaban J connectivity index is 1.93. The highest BCUT2D eigenvalue weighted by atomic mass is 16.1. The number of nitrogens with zero attached hydrogens (tertiary/aromatic N) is 2. The monoisotopic (exact) mass is 203 g/mol. The Hall–Kier alpha value is -1.71. The zero-order valence-electron chi connectivity index (χ0n) is 8.66. The van der Waals surface area contributed by atoms with Crippen LogP contribution in [-0.4, -0.2) is 15.8 Å². The van der Waals surface area contributed by atoms with Gasteiger partial charge in [0.2, 0.25) is 0 Å². The summed E-state index contributed by atoms with van der Waals surface area (Å²) in [5, 5.41) is 3.21. The third kappa shape index (κ3) is 2.62. The highest BCUT2D eigenvalue weighted by Gasteiger charge is 2.11. The van der Waals surface area contributed by atoms with Gasteiger partial charge in [0.25, 0.3) is 0 Å². The fourth-order valence-corrected chi connectivity index (χ4v) is 1.54. The quantitative estimate of drug-likeness (QED) is 0.799. The van der Waals surface area contributed by atoms with E-state index in [0.717, 1.165) is 23.6 Å². The molecule has 1 N–H and O–H groups in total. The summed E-state index contributed by atoms with van der Waals surface area (Å²) in [5.74, 6) is 0.974. The molecular formula is C11H13N3O. The highest BCUT2D eigenvalue weighted by Crippen LogP contribution is 2.12. The third-order valence-corrected chi connectivity index (χ3v) is 2.31. The van der Waals surface area contributed by atoms with Crippen LogP contribution in [0.3, 0.4) is 0 Å². The number of carbonyl (C=O) groups is 1. The number of nitrogens with one attached hydrogen (secondary N) is 1. The zero-order valence-corrected chi connectivity index (χ0v) is 8.66. The second kappa shape index (κ2) is 4.21. The number of hydrogen-bond acceptors (Lipinski definition) is 4. The number of rotatable bonds is 3. The smallest absolute Gasteiger partial charge is 0.157 e. The maximum absolute atomic E-state index is 11.0. The molecule has 4 heteroatoms. The lowest BCUT2D eigenvalue weighted by Gasteiger charge is -2.05. The molecular weight excluding hydrogens is 190 g/mol. The molecule has 0 amide bonds. The van der Waals surface area contributed by atoms with Crippen molar-refractivity contribution in [3.8, 4) is 0 Å². The van der Waals surface area contributed by atoms with Crippen LogP contribution in [0.25, 0.3) is 0 Å². The molecule has 1 aromatic rings. The molecule has 78 valence electrons. The van der Waals surface area contributed by atoms with Gasteiger partial charge >= 0.3 is 0 Å². The molecule has 0 atom stereocenters. The Morgan fingerprint density at radius 2 is 2.33 bits per heavy atom. The number of ketones is 1. The molecule has 2 rings (SSSR count). The van der Waals surface area contributed by atoms with Gasteiger partial charge in [-0.05, 0) is 19.4 Å². The first-order chi connectivity index (χ1) is 7.24. The van der Waals surface area contributed by atoms with Crippen LogP contribution < -0.4 is 5.32 Å². The van der Waals surface area contributed by atoms with Crippen molar-refractivity contribution >= 4 is 5.78 Å². The molecule has 1 aliphatic carbocycles. The highest BCUT2D eigenvalue weighted by molar-refractivity contribution is 5.92. The van der Waals surface area contributed by atoms with Crippen molar-refractivity contribution in [3.05, 3.63) is 35.6 Å². The van der Waals surface area contributed by atoms with Crippen molar-refractivity contribution in [2.75, 3.05) is 0 Å². The summed E-state index contributed by atoms with van der Waals surface area (Å²) in [6.45, 7) is 2.52. The molecule has 0 aliphatic heterocycles. The second-order valence-electron chi connectivity index (χ2n) is 3.58. The van der Waals surface area contributed by atoms with Gasteiger partial charge in [-0.1, -0.05) is 0 Å². The van der Waals surface area contributed by atoms with Crippen molar-refractivity contribution < 1.29 is 4.79 Å². The maximum Gasteiger partial charge on any atom is 0.157 e. The Labute approximate surface area is 88.4 Å². The van der Waals surface area contributed by atoms with Gasteiger partial charge in [-0.15, -0.1) is 0 Å². The van der Waals surface area contributed by atoms with Crippen LogP contribution in [0.4, 0.5) is 0 Å². The molecule has 1 heterocycles. The minimum atomic E-state index is 0.205. The van der Waals surface area contributed by atoms with Crippen LogP contribution in [0, 0.1) is 6.92 Å². The number of aryl methyl sites for hydroxylation is 1. The van der Waals surface area contributed by atoms with E-state index in [0.29, 0.717) is 13.0 Å². The Kier molecular flexibility index (Phi) is 2.76. The minimum Gasteiger partial charge on any atom is -0.383 e. The fraction of sp³-hybridized carbons (Fsp3) is 0.364. The van der Waals surface area contributed by atoms with E-state index in [9.17, 15) is 4.79 Å². The lowest BCUT2D eigenvalue weighted by molar-refractivity contribution is -0.114. The number of hydrogen-bond donors (Lipinski definition) is 1. The van der Waals surface area contributed by atoms with Gasteiger partial charge in [0.1, 0.15) is 5.82 Å². The number of carbonyl (C=O) groups excluding carboxylic acids is 1. The summed E-state index contributed by atoms with van der Waals surface area (Å²) in [6, 6.07) is 1.87. The Bertz CT molecular complexity index is 412. The normalized spacial score (nSPS) is 15.3. The van der Waals surface area contributed by atoms with Crippen LogP contribution in [0.15, 0.2) is 24.0 Å². The molecule has 1 aliphatic rings. The topological polar surface area (TPSA) is 54.9 Å². The van der Waals surface area contributed by atoms with E-state index < -0.39 is 0 Å². The van der Waals surface area contributed by atoms with E-state index in [-0.39, 0.29) is 5.78 Å². The number of aromatic nitrogens is 2. The van der Waals surface area contributed by atoms with Crippen molar-refractivity contribution in [1.82, 2.24) is 15.3 Å². The molecule has 0 fully saturated rings. The van der Waals surface area contributed by atoms with Crippen molar-refractivity contribution in [3.63, 3.8) is 0 Å². The van der Waals surface area contributed by atoms with Gasteiger partial charge in [0.15, 0.2) is 5.78 Å². The first kappa shape index (κ1) is 9.83. The standard InChI is InChI=1S/C11H13N3O/c1-8-12-5-4-10(14-8)7-13-9-2-3-11(15)6-9/h4-6,13H,2-3,7H2,1H3. The average molecular weight is 203 g/mol. The van der Waals surface area contributed by atoms with E-state index in [1.54, 1.807) is 12.3 Å². The molecule has 0 saturated carbocycles. The lowest BCUT2D eigenvalue weighted by Crippen LogP contribution is -2.12. The summed E-state index contributed by atoms with van der Waals surface area (Å²) in [4.78, 5) is 19.3. The van der Waals surface area contributed by atoms with Crippen LogP contribution in [-0.2, 0) is 11.3 Å². The SMILES string of the molecule is Cc1nccc(CNC2=CC(=O)CC2)n1. The first-order valence-electron chi connectivity index (χ1n) is 5.00. The summed E-state index contributed by atoms with van der Waals surface area (Å²) in [6.07, 6.45) is 4.87. The summed E-state index contributed by atoms with van der Waals surface area (Å²) < 4.78 is 0. The molecule has 0 bridgehead atoms. The van der Waals surface area contributed by atoms with E-state index in [1.807, 2.05) is 13.0 Å². The molecule has 0 radical (unpaired) electrons. The molecule has 0 unspecified atom stereocenters. The van der Waals surface area contributed by atoms with Gasteiger partial charge in [-0.3, -0.25) is 4.79 Å². The lowest BCUT2D eigenvalue weighted by atomic mass is 10.3. The third-order valence-electron chi connectivity index (χ3n) is 2.31. The van der Waals surface area contributed by atoms with Gasteiger partial charge in [0, 0.05) is 24.4 Å². The molecule has 0 aromatic carbocycles. The summed E-state index contributed by atoms with van der Waals surface area (Å²) >= 11 is 0. The Morgan fingerprint density at radius 1 is 1.47 bits per heavy atom. The average Bonchev–Trinajstić information content (AvgIpc) is 2.62. The summed E-state index contributed by atoms with van der Waals surface area (Å²) in [5.41, 5.74) is 1.96. The van der Waals surface area contributed by atoms with Crippen molar-refractivity contribution in [2.45, 2.75) is 26.3 Å². The van der Waals surface area contributed by atoms with Crippen LogP contribution in [0.1, 0.15) is 24.4 Å². The van der Waals surface area contributed by atoms with Crippen LogP contribution >= 0.6 is 0 Å². The van der Waals surface area contributed by atoms with E-state index in [1.165, 1.54) is 0 Å². The van der Waals surface area contributed by atoms with E-state index >= 15 is 0 Å². The molecule has 0 saturated heterocycles. The van der Waals surface area contributed by atoms with Crippen molar-refractivity contribution in [1.29, 1.82) is 0 Å². The molecule has 15 heavy (non-hydrogen) atoms. The predicted octanol–water partition coefficient (Wildman–Crippen LogP) is 1.12. The molecule has 4 nitrogen and oxygen atoms in total. The predicted molar refractivity (Wildman–Crippen MR) is 55.9 cm³/mol. The molecule has 0 spiro atoms. The van der Waals surface area contributed by atoms with Gasteiger partial charge < -0.3 is 5.32 Å². The fourth-order valence-electron chi connectivity index (χ4n) is 1.54. The Morgan fingerprint density at radius 3 is 3.00 bits per heavy atom. The maximum atomic E-state index is 11.0. The van der Waals surface area contributed by atoms with Crippen LogP contribution in [0.5, 0.6) is 0 Å². The van der Waals surface area contributed by atoms with Gasteiger partial charge in [0.05, 0.1) is 12.2 Å². The largest absolute Gasteiger partial charge is 0.383 e. The van der Waals surface area contributed by atoms with Gasteiger partial charge in [-0.25, -0.2) is 9.97 Å². The van der Waals surface area contributed by atoms with Crippen LogP contribution in [0.2, 0.25) is 0 Å².